The van der Waals surface area contributed by atoms with Gasteiger partial charge in [-0.2, -0.15) is 10.2 Å². The van der Waals surface area contributed by atoms with Crippen LogP contribution in [0.5, 0.6) is 0 Å². The number of amides is 1. The molecule has 3 aromatic heterocycles. The molecule has 3 rings (SSSR count). The number of carboxylic acids is 1. The summed E-state index contributed by atoms with van der Waals surface area (Å²) < 4.78 is 0. The number of carbonyl (C=O) groups excluding carboxylic acids is 1. The largest absolute Gasteiger partial charge is 0.479 e. The molecule has 0 spiro atoms. The fourth-order valence-electron chi connectivity index (χ4n) is 2.59. The Balaban J connectivity index is 1.83. The van der Waals surface area contributed by atoms with Gasteiger partial charge in [0.1, 0.15) is 0 Å². The quantitative estimate of drug-likeness (QED) is 0.557. The molecule has 4 N–H and O–H groups in total. The van der Waals surface area contributed by atoms with E-state index in [1.807, 2.05) is 19.1 Å². The van der Waals surface area contributed by atoms with Crippen molar-refractivity contribution < 1.29 is 14.7 Å². The van der Waals surface area contributed by atoms with Crippen molar-refractivity contribution in [3.05, 3.63) is 45.7 Å². The van der Waals surface area contributed by atoms with E-state index in [0.29, 0.717) is 22.6 Å². The minimum absolute atomic E-state index is 0.131. The van der Waals surface area contributed by atoms with Crippen molar-refractivity contribution in [3.63, 3.8) is 0 Å². The second-order valence-corrected chi connectivity index (χ2v) is 6.96. The first-order chi connectivity index (χ1) is 11.9. The van der Waals surface area contributed by atoms with Crippen LogP contribution in [0.1, 0.15) is 38.4 Å². The topological polar surface area (TPSA) is 124 Å². The summed E-state index contributed by atoms with van der Waals surface area (Å²) in [5.74, 6) is -1.73. The lowest BCUT2D eigenvalue weighted by Crippen LogP contribution is -2.34. The number of thiophene rings is 1. The van der Waals surface area contributed by atoms with Crippen molar-refractivity contribution in [2.75, 3.05) is 0 Å². The lowest BCUT2D eigenvalue weighted by Gasteiger charge is -2.14. The Morgan fingerprint density at radius 3 is 2.52 bits per heavy atom. The highest BCUT2D eigenvalue weighted by Crippen LogP contribution is 2.26. The van der Waals surface area contributed by atoms with Gasteiger partial charge in [0.05, 0.1) is 16.3 Å². The average molecular weight is 359 g/mol. The molecule has 1 amide bonds. The van der Waals surface area contributed by atoms with Crippen LogP contribution in [0.25, 0.3) is 10.6 Å². The normalized spacial score (nSPS) is 12.1. The number of carboxylic acid groups (broad SMARTS) is 1. The molecular formula is C16H17N5O3S. The van der Waals surface area contributed by atoms with E-state index in [1.54, 1.807) is 31.3 Å². The third-order valence-electron chi connectivity index (χ3n) is 3.81. The average Bonchev–Trinajstić information content (AvgIpc) is 3.26. The van der Waals surface area contributed by atoms with Crippen LogP contribution in [0, 0.1) is 20.8 Å². The van der Waals surface area contributed by atoms with Crippen molar-refractivity contribution in [1.29, 1.82) is 0 Å². The number of nitrogens with one attached hydrogen (secondary N) is 3. The van der Waals surface area contributed by atoms with Gasteiger partial charge in [0.2, 0.25) is 0 Å². The molecule has 0 radical (unpaired) electrons. The van der Waals surface area contributed by atoms with E-state index >= 15 is 0 Å². The molecule has 0 bridgehead atoms. The van der Waals surface area contributed by atoms with E-state index in [0.717, 1.165) is 9.75 Å². The molecule has 25 heavy (non-hydrogen) atoms. The lowest BCUT2D eigenvalue weighted by molar-refractivity contribution is -0.139. The van der Waals surface area contributed by atoms with E-state index in [4.69, 9.17) is 0 Å². The van der Waals surface area contributed by atoms with Crippen LogP contribution >= 0.6 is 11.3 Å². The number of aryl methyl sites for hydroxylation is 3. The monoisotopic (exact) mass is 359 g/mol. The first-order valence-electron chi connectivity index (χ1n) is 7.54. The molecule has 1 atom stereocenters. The van der Waals surface area contributed by atoms with Crippen molar-refractivity contribution in [2.45, 2.75) is 26.8 Å². The van der Waals surface area contributed by atoms with Gasteiger partial charge in [-0.25, -0.2) is 4.79 Å². The summed E-state index contributed by atoms with van der Waals surface area (Å²) in [4.78, 5) is 26.2. The van der Waals surface area contributed by atoms with E-state index in [9.17, 15) is 14.7 Å². The summed E-state index contributed by atoms with van der Waals surface area (Å²) in [5.41, 5.74) is 2.42. The molecular weight excluding hydrogens is 342 g/mol. The highest BCUT2D eigenvalue weighted by atomic mass is 32.1. The first-order valence-corrected chi connectivity index (χ1v) is 8.36. The van der Waals surface area contributed by atoms with Gasteiger partial charge in [0, 0.05) is 16.1 Å². The van der Waals surface area contributed by atoms with Gasteiger partial charge in [-0.15, -0.1) is 11.3 Å². The molecule has 0 saturated carbocycles. The third-order valence-corrected chi connectivity index (χ3v) is 4.85. The standard InChI is InChI=1S/C16H17N5O3S/c1-7-4-5-12(25-7)10-6-11(21-20-10)15(22)17-14(16(23)24)13-8(2)18-19-9(13)3/h4-6,14H,1-3H3,(H,17,22)(H,18,19)(H,20,21)(H,23,24)/t14-/m1/s1. The Kier molecular flexibility index (Phi) is 4.41. The van der Waals surface area contributed by atoms with Crippen LogP contribution < -0.4 is 5.32 Å². The summed E-state index contributed by atoms with van der Waals surface area (Å²) in [5, 5.41) is 25.5. The summed E-state index contributed by atoms with van der Waals surface area (Å²) in [7, 11) is 0. The van der Waals surface area contributed by atoms with E-state index in [1.165, 1.54) is 0 Å². The SMILES string of the molecule is Cc1ccc(-c2cc(C(=O)N[C@@H](C(=O)O)c3c(C)n[nH]c3C)n[nH]2)s1. The molecule has 0 unspecified atom stereocenters. The highest BCUT2D eigenvalue weighted by Gasteiger charge is 2.28. The maximum absolute atomic E-state index is 12.4. The minimum Gasteiger partial charge on any atom is -0.479 e. The van der Waals surface area contributed by atoms with Crippen LogP contribution in [-0.2, 0) is 4.79 Å². The van der Waals surface area contributed by atoms with Crippen LogP contribution in [-0.4, -0.2) is 37.4 Å². The number of nitrogens with zero attached hydrogens (tertiary/aromatic N) is 2. The predicted octanol–water partition coefficient (Wildman–Crippen LogP) is 2.34. The number of rotatable bonds is 5. The van der Waals surface area contributed by atoms with Gasteiger partial charge in [0.25, 0.3) is 5.91 Å². The number of hydrogen-bond donors (Lipinski definition) is 4. The van der Waals surface area contributed by atoms with Gasteiger partial charge in [-0.3, -0.25) is 15.0 Å². The predicted molar refractivity (Wildman–Crippen MR) is 92.5 cm³/mol. The van der Waals surface area contributed by atoms with Gasteiger partial charge in [-0.05, 0) is 39.0 Å². The van der Waals surface area contributed by atoms with E-state index < -0.39 is 17.9 Å². The smallest absolute Gasteiger partial charge is 0.331 e. The van der Waals surface area contributed by atoms with E-state index in [-0.39, 0.29) is 5.69 Å². The number of carbonyl (C=O) groups is 2. The maximum atomic E-state index is 12.4. The molecule has 0 aliphatic carbocycles. The van der Waals surface area contributed by atoms with Crippen molar-refractivity contribution in [1.82, 2.24) is 25.7 Å². The molecule has 8 nitrogen and oxygen atoms in total. The molecule has 3 heterocycles. The molecule has 0 aromatic carbocycles. The second-order valence-electron chi connectivity index (χ2n) is 5.67. The summed E-state index contributed by atoms with van der Waals surface area (Å²) >= 11 is 1.58. The van der Waals surface area contributed by atoms with Crippen LogP contribution in [0.2, 0.25) is 0 Å². The zero-order valence-corrected chi connectivity index (χ0v) is 14.7. The molecule has 130 valence electrons. The Morgan fingerprint density at radius 1 is 1.20 bits per heavy atom. The Labute approximate surface area is 147 Å². The number of aliphatic carboxylic acids is 1. The maximum Gasteiger partial charge on any atom is 0.331 e. The summed E-state index contributed by atoms with van der Waals surface area (Å²) in [6.45, 7) is 5.39. The summed E-state index contributed by atoms with van der Waals surface area (Å²) in [6.07, 6.45) is 0. The van der Waals surface area contributed by atoms with Gasteiger partial charge in [0.15, 0.2) is 11.7 Å². The highest BCUT2D eigenvalue weighted by molar-refractivity contribution is 7.15. The zero-order valence-electron chi connectivity index (χ0n) is 13.9. The Bertz CT molecular complexity index is 920. The fraction of sp³-hybridized carbons (Fsp3) is 0.250. The molecule has 0 saturated heterocycles. The Hall–Kier alpha value is -2.94. The molecule has 0 fully saturated rings. The number of aromatic amines is 2. The van der Waals surface area contributed by atoms with Gasteiger partial charge in [-0.1, -0.05) is 0 Å². The minimum atomic E-state index is -1.20. The third kappa shape index (κ3) is 3.31. The van der Waals surface area contributed by atoms with Crippen molar-refractivity contribution in [3.8, 4) is 10.6 Å². The molecule has 0 aliphatic rings. The van der Waals surface area contributed by atoms with Crippen molar-refractivity contribution >= 4 is 23.2 Å². The molecule has 3 aromatic rings. The van der Waals surface area contributed by atoms with Gasteiger partial charge < -0.3 is 10.4 Å². The number of aromatic nitrogens is 4. The fourth-order valence-corrected chi connectivity index (χ4v) is 3.42. The van der Waals surface area contributed by atoms with E-state index in [2.05, 4.69) is 25.7 Å². The summed E-state index contributed by atoms with van der Waals surface area (Å²) in [6, 6.07) is 4.32. The lowest BCUT2D eigenvalue weighted by atomic mass is 10.0. The zero-order chi connectivity index (χ0) is 18.1. The number of hydrogen-bond acceptors (Lipinski definition) is 5. The van der Waals surface area contributed by atoms with Crippen LogP contribution in [0.3, 0.4) is 0 Å². The van der Waals surface area contributed by atoms with Crippen LogP contribution in [0.15, 0.2) is 18.2 Å². The number of H-pyrrole nitrogens is 2. The van der Waals surface area contributed by atoms with Crippen LogP contribution in [0.4, 0.5) is 0 Å². The molecule has 0 aliphatic heterocycles. The molecule has 9 heteroatoms. The van der Waals surface area contributed by atoms with Gasteiger partial charge >= 0.3 is 5.97 Å². The van der Waals surface area contributed by atoms with Crippen molar-refractivity contribution in [2.24, 2.45) is 0 Å². The second kappa shape index (κ2) is 6.52. The Morgan fingerprint density at radius 2 is 1.96 bits per heavy atom. The first kappa shape index (κ1) is 16.9.